The lowest BCUT2D eigenvalue weighted by Gasteiger charge is -2.35. The molecule has 0 amide bonds. The smallest absolute Gasteiger partial charge is 0.328 e. The molecular formula is C21H24N2O2S. The van der Waals surface area contributed by atoms with Crippen LogP contribution >= 0.6 is 11.8 Å². The zero-order valence-electron chi connectivity index (χ0n) is 15.1. The molecule has 136 valence electrons. The summed E-state index contributed by atoms with van der Waals surface area (Å²) in [6.07, 6.45) is 2.82. The summed E-state index contributed by atoms with van der Waals surface area (Å²) in [7, 11) is 1.49. The second-order valence-corrected chi connectivity index (χ2v) is 7.94. The summed E-state index contributed by atoms with van der Waals surface area (Å²) >= 11 is 1.76. The van der Waals surface area contributed by atoms with Gasteiger partial charge in [0, 0.05) is 6.54 Å². The molecule has 0 aromatic heterocycles. The maximum atomic E-state index is 13.1. The van der Waals surface area contributed by atoms with E-state index in [0.29, 0.717) is 0 Å². The van der Waals surface area contributed by atoms with Gasteiger partial charge in [-0.05, 0) is 29.6 Å². The van der Waals surface area contributed by atoms with Crippen LogP contribution in [-0.2, 0) is 15.1 Å². The number of hydrogen-bond donors (Lipinski definition) is 1. The molecule has 0 saturated carbocycles. The van der Waals surface area contributed by atoms with Gasteiger partial charge in [0.1, 0.15) is 5.54 Å². The minimum Gasteiger partial charge on any atom is -0.468 e. The molecule has 4 atom stereocenters. The molecule has 26 heavy (non-hydrogen) atoms. The summed E-state index contributed by atoms with van der Waals surface area (Å²) in [4.78, 5) is 15.5. The first kappa shape index (κ1) is 17.6. The van der Waals surface area contributed by atoms with Crippen molar-refractivity contribution in [1.29, 1.82) is 0 Å². The fourth-order valence-corrected chi connectivity index (χ4v) is 5.00. The van der Waals surface area contributed by atoms with Crippen molar-refractivity contribution in [3.63, 3.8) is 0 Å². The molecule has 0 aliphatic carbocycles. The number of rotatable bonds is 6. The van der Waals surface area contributed by atoms with Gasteiger partial charge in [0.25, 0.3) is 0 Å². The van der Waals surface area contributed by atoms with E-state index in [1.54, 1.807) is 11.8 Å². The van der Waals surface area contributed by atoms with Gasteiger partial charge in [-0.15, -0.1) is 0 Å². The SMILES string of the molecule is COC(=O)[C@]1(CCSC)N[C@H](c2ccccc2)N2C[C@@]21c1ccccc1. The Bertz CT molecular complexity index is 785. The number of ether oxygens (including phenoxy) is 1. The van der Waals surface area contributed by atoms with Crippen molar-refractivity contribution in [1.82, 2.24) is 10.2 Å². The highest BCUT2D eigenvalue weighted by Gasteiger charge is 2.76. The molecule has 2 aliphatic heterocycles. The highest BCUT2D eigenvalue weighted by molar-refractivity contribution is 7.98. The van der Waals surface area contributed by atoms with Crippen LogP contribution in [0.25, 0.3) is 0 Å². The Hall–Kier alpha value is -1.82. The van der Waals surface area contributed by atoms with Gasteiger partial charge < -0.3 is 4.74 Å². The van der Waals surface area contributed by atoms with Crippen molar-refractivity contribution < 1.29 is 9.53 Å². The molecule has 0 bridgehead atoms. The van der Waals surface area contributed by atoms with E-state index in [4.69, 9.17) is 4.74 Å². The third-order valence-corrected chi connectivity index (χ3v) is 6.38. The minimum absolute atomic E-state index is 0.0114. The Balaban J connectivity index is 1.83. The van der Waals surface area contributed by atoms with E-state index >= 15 is 0 Å². The van der Waals surface area contributed by atoms with Crippen LogP contribution in [0.2, 0.25) is 0 Å². The van der Waals surface area contributed by atoms with Crippen LogP contribution < -0.4 is 5.32 Å². The minimum atomic E-state index is -0.743. The molecule has 0 spiro atoms. The van der Waals surface area contributed by atoms with Crippen molar-refractivity contribution in [2.24, 2.45) is 0 Å². The Morgan fingerprint density at radius 1 is 1.19 bits per heavy atom. The summed E-state index contributed by atoms with van der Waals surface area (Å²) in [6.45, 7) is 0.854. The standard InChI is InChI=1S/C21H24N2O2S/c1-25-19(24)20(13-14-26-2)21(17-11-7-4-8-12-17)15-23(21)18(22-20)16-9-5-3-6-10-16/h3-12,18,22H,13-15H2,1-2H3/t18-,20-,21-,23?/m0/s1. The lowest BCUT2D eigenvalue weighted by atomic mass is 9.77. The first-order chi connectivity index (χ1) is 12.7. The molecule has 2 fully saturated rings. The molecule has 2 aromatic rings. The number of thioether (sulfide) groups is 1. The largest absolute Gasteiger partial charge is 0.468 e. The van der Waals surface area contributed by atoms with Crippen molar-refractivity contribution in [3.8, 4) is 0 Å². The van der Waals surface area contributed by atoms with E-state index in [1.807, 2.05) is 36.4 Å². The summed E-state index contributed by atoms with van der Waals surface area (Å²) in [6, 6.07) is 20.7. The monoisotopic (exact) mass is 368 g/mol. The quantitative estimate of drug-likeness (QED) is 0.627. The average molecular weight is 369 g/mol. The predicted molar refractivity (Wildman–Crippen MR) is 105 cm³/mol. The maximum absolute atomic E-state index is 13.1. The fraction of sp³-hybridized carbons (Fsp3) is 0.381. The zero-order valence-corrected chi connectivity index (χ0v) is 16.0. The lowest BCUT2D eigenvalue weighted by molar-refractivity contribution is -0.150. The number of carbonyl (C=O) groups excluding carboxylic acids is 1. The van der Waals surface area contributed by atoms with Crippen LogP contribution in [0.3, 0.4) is 0 Å². The van der Waals surface area contributed by atoms with Crippen molar-refractivity contribution in [3.05, 3.63) is 71.8 Å². The van der Waals surface area contributed by atoms with Gasteiger partial charge in [-0.25, -0.2) is 4.79 Å². The van der Waals surface area contributed by atoms with Gasteiger partial charge in [-0.1, -0.05) is 60.7 Å². The number of carbonyl (C=O) groups is 1. The molecule has 4 rings (SSSR count). The topological polar surface area (TPSA) is 41.3 Å². The predicted octanol–water partition coefficient (Wildman–Crippen LogP) is 3.16. The number of fused-ring (bicyclic) bond motifs is 1. The number of esters is 1. The van der Waals surface area contributed by atoms with Crippen LogP contribution in [-0.4, -0.2) is 42.1 Å². The van der Waals surface area contributed by atoms with Gasteiger partial charge in [0.15, 0.2) is 0 Å². The third-order valence-electron chi connectivity index (χ3n) is 5.77. The van der Waals surface area contributed by atoms with Crippen LogP contribution in [0.15, 0.2) is 60.7 Å². The summed E-state index contributed by atoms with van der Waals surface area (Å²) < 4.78 is 5.33. The Kier molecular flexibility index (Phi) is 4.55. The second kappa shape index (κ2) is 6.72. The van der Waals surface area contributed by atoms with E-state index < -0.39 is 5.54 Å². The molecule has 1 N–H and O–H groups in total. The highest BCUT2D eigenvalue weighted by Crippen LogP contribution is 2.61. The lowest BCUT2D eigenvalue weighted by Crippen LogP contribution is -2.59. The molecule has 2 aromatic carbocycles. The van der Waals surface area contributed by atoms with Crippen LogP contribution in [0, 0.1) is 0 Å². The number of benzene rings is 2. The van der Waals surface area contributed by atoms with Crippen molar-refractivity contribution in [2.45, 2.75) is 23.7 Å². The molecule has 5 heteroatoms. The molecule has 2 aliphatic rings. The highest BCUT2D eigenvalue weighted by atomic mass is 32.2. The fourth-order valence-electron chi connectivity index (χ4n) is 4.49. The molecule has 4 nitrogen and oxygen atoms in total. The Labute approximate surface area is 158 Å². The summed E-state index contributed by atoms with van der Waals surface area (Å²) in [5, 5.41) is 3.68. The van der Waals surface area contributed by atoms with Gasteiger partial charge in [0.05, 0.1) is 18.8 Å². The first-order valence-electron chi connectivity index (χ1n) is 8.92. The normalized spacial score (nSPS) is 32.1. The van der Waals surface area contributed by atoms with Crippen molar-refractivity contribution >= 4 is 17.7 Å². The van der Waals surface area contributed by atoms with E-state index in [1.165, 1.54) is 18.2 Å². The molecule has 1 unspecified atom stereocenters. The van der Waals surface area contributed by atoms with Crippen LogP contribution in [0.5, 0.6) is 0 Å². The number of hydrogen-bond acceptors (Lipinski definition) is 5. The number of nitrogens with one attached hydrogen (secondary N) is 1. The maximum Gasteiger partial charge on any atom is 0.328 e. The Morgan fingerprint density at radius 2 is 1.85 bits per heavy atom. The average Bonchev–Trinajstić information content (AvgIpc) is 3.40. The van der Waals surface area contributed by atoms with E-state index in [2.05, 4.69) is 40.7 Å². The van der Waals surface area contributed by atoms with Gasteiger partial charge >= 0.3 is 5.97 Å². The molecule has 2 heterocycles. The number of nitrogens with zero attached hydrogens (tertiary/aromatic N) is 1. The molecular weight excluding hydrogens is 344 g/mol. The van der Waals surface area contributed by atoms with Crippen molar-refractivity contribution in [2.75, 3.05) is 25.7 Å². The van der Waals surface area contributed by atoms with Crippen LogP contribution in [0.4, 0.5) is 0 Å². The van der Waals surface area contributed by atoms with Gasteiger partial charge in [-0.3, -0.25) is 10.2 Å². The summed E-state index contributed by atoms with van der Waals surface area (Å²) in [5.41, 5.74) is 1.27. The van der Waals surface area contributed by atoms with E-state index in [-0.39, 0.29) is 17.7 Å². The third kappa shape index (κ3) is 2.42. The first-order valence-corrected chi connectivity index (χ1v) is 10.3. The van der Waals surface area contributed by atoms with Gasteiger partial charge in [-0.2, -0.15) is 11.8 Å². The second-order valence-electron chi connectivity index (χ2n) is 6.95. The van der Waals surface area contributed by atoms with Gasteiger partial charge in [0.2, 0.25) is 0 Å². The number of methoxy groups -OCH3 is 1. The summed E-state index contributed by atoms with van der Waals surface area (Å²) in [5.74, 6) is 0.725. The Morgan fingerprint density at radius 3 is 2.46 bits per heavy atom. The van der Waals surface area contributed by atoms with Crippen LogP contribution in [0.1, 0.15) is 23.7 Å². The zero-order chi connectivity index (χ0) is 18.2. The van der Waals surface area contributed by atoms with E-state index in [9.17, 15) is 4.79 Å². The van der Waals surface area contributed by atoms with E-state index in [0.717, 1.165) is 18.7 Å². The molecule has 2 saturated heterocycles. The molecule has 0 radical (unpaired) electrons.